The van der Waals surface area contributed by atoms with Crippen molar-refractivity contribution in [1.29, 1.82) is 0 Å². The predicted molar refractivity (Wildman–Crippen MR) is 72.0 cm³/mol. The van der Waals surface area contributed by atoms with Gasteiger partial charge in [-0.15, -0.1) is 0 Å². The van der Waals surface area contributed by atoms with E-state index in [0.29, 0.717) is 12.1 Å². The average molecular weight is 292 g/mol. The summed E-state index contributed by atoms with van der Waals surface area (Å²) < 4.78 is 26.5. The van der Waals surface area contributed by atoms with Crippen LogP contribution in [0.2, 0.25) is 5.02 Å². The van der Waals surface area contributed by atoms with Crippen LogP contribution in [-0.4, -0.2) is 20.1 Å². The van der Waals surface area contributed by atoms with Gasteiger partial charge in [-0.3, -0.25) is 0 Å². The van der Waals surface area contributed by atoms with E-state index in [0.717, 1.165) is 6.42 Å². The zero-order valence-electron chi connectivity index (χ0n) is 10.5. The Kier molecular flexibility index (Phi) is 5.59. The molecule has 0 bridgehead atoms. The SMILES string of the molecule is CCC(C)CNS(=O)(=O)c1ccc(CO)c(Cl)c1. The highest BCUT2D eigenvalue weighted by molar-refractivity contribution is 7.89. The minimum atomic E-state index is -3.53. The lowest BCUT2D eigenvalue weighted by atomic mass is 10.1. The number of hydrogen-bond acceptors (Lipinski definition) is 3. The first-order chi connectivity index (χ1) is 8.40. The standard InChI is InChI=1S/C12H18ClNO3S/c1-3-9(2)7-14-18(16,17)11-5-4-10(8-15)12(13)6-11/h4-6,9,14-15H,3,7-8H2,1-2H3. The first-order valence-electron chi connectivity index (χ1n) is 5.79. The van der Waals surface area contributed by atoms with Gasteiger partial charge >= 0.3 is 0 Å². The van der Waals surface area contributed by atoms with Gasteiger partial charge in [-0.1, -0.05) is 37.9 Å². The number of halogens is 1. The third-order valence-electron chi connectivity index (χ3n) is 2.82. The molecule has 0 amide bonds. The van der Waals surface area contributed by atoms with E-state index in [9.17, 15) is 8.42 Å². The van der Waals surface area contributed by atoms with Gasteiger partial charge in [0.2, 0.25) is 10.0 Å². The van der Waals surface area contributed by atoms with Gasteiger partial charge in [-0.25, -0.2) is 13.1 Å². The second kappa shape index (κ2) is 6.52. The number of sulfonamides is 1. The Morgan fingerprint density at radius 3 is 2.61 bits per heavy atom. The molecule has 102 valence electrons. The molecule has 1 aromatic carbocycles. The topological polar surface area (TPSA) is 66.4 Å². The number of rotatable bonds is 6. The lowest BCUT2D eigenvalue weighted by molar-refractivity contribution is 0.282. The Labute approximate surface area is 113 Å². The van der Waals surface area contributed by atoms with E-state index in [4.69, 9.17) is 16.7 Å². The van der Waals surface area contributed by atoms with Gasteiger partial charge in [0.1, 0.15) is 0 Å². The van der Waals surface area contributed by atoms with Crippen molar-refractivity contribution in [2.24, 2.45) is 5.92 Å². The summed E-state index contributed by atoms with van der Waals surface area (Å²) in [4.78, 5) is 0.119. The minimum absolute atomic E-state index is 0.119. The van der Waals surface area contributed by atoms with Crippen LogP contribution in [0.1, 0.15) is 25.8 Å². The second-order valence-corrected chi connectivity index (χ2v) is 6.45. The molecular weight excluding hydrogens is 274 g/mol. The number of aliphatic hydroxyl groups is 1. The molecule has 1 rings (SSSR count). The molecule has 1 unspecified atom stereocenters. The van der Waals surface area contributed by atoms with Crippen LogP contribution >= 0.6 is 11.6 Å². The maximum absolute atomic E-state index is 12.0. The molecular formula is C12H18ClNO3S. The van der Waals surface area contributed by atoms with Crippen molar-refractivity contribution in [2.75, 3.05) is 6.54 Å². The highest BCUT2D eigenvalue weighted by Crippen LogP contribution is 2.20. The first kappa shape index (κ1) is 15.4. The molecule has 0 saturated carbocycles. The molecule has 18 heavy (non-hydrogen) atoms. The minimum Gasteiger partial charge on any atom is -0.392 e. The molecule has 0 heterocycles. The van der Waals surface area contributed by atoms with E-state index in [-0.39, 0.29) is 22.4 Å². The van der Waals surface area contributed by atoms with Gasteiger partial charge in [-0.05, 0) is 23.6 Å². The summed E-state index contributed by atoms with van der Waals surface area (Å²) >= 11 is 5.87. The van der Waals surface area contributed by atoms with Crippen molar-refractivity contribution in [3.05, 3.63) is 28.8 Å². The Morgan fingerprint density at radius 1 is 1.44 bits per heavy atom. The molecule has 0 aromatic heterocycles. The highest BCUT2D eigenvalue weighted by Gasteiger charge is 2.16. The molecule has 0 fully saturated rings. The summed E-state index contributed by atoms with van der Waals surface area (Å²) in [6.07, 6.45) is 0.909. The zero-order chi connectivity index (χ0) is 13.8. The monoisotopic (exact) mass is 291 g/mol. The fourth-order valence-corrected chi connectivity index (χ4v) is 2.80. The Bertz CT molecular complexity index is 502. The van der Waals surface area contributed by atoms with Crippen molar-refractivity contribution < 1.29 is 13.5 Å². The van der Waals surface area contributed by atoms with Crippen molar-refractivity contribution in [2.45, 2.75) is 31.8 Å². The van der Waals surface area contributed by atoms with Crippen LogP contribution in [0.25, 0.3) is 0 Å². The molecule has 2 N–H and O–H groups in total. The van der Waals surface area contributed by atoms with E-state index in [2.05, 4.69) is 4.72 Å². The molecule has 0 spiro atoms. The molecule has 1 aromatic rings. The predicted octanol–water partition coefficient (Wildman–Crippen LogP) is 2.16. The van der Waals surface area contributed by atoms with E-state index in [1.165, 1.54) is 18.2 Å². The molecule has 0 radical (unpaired) electrons. The third-order valence-corrected chi connectivity index (χ3v) is 4.60. The smallest absolute Gasteiger partial charge is 0.240 e. The van der Waals surface area contributed by atoms with Crippen LogP contribution in [0.4, 0.5) is 0 Å². The van der Waals surface area contributed by atoms with Crippen LogP contribution in [-0.2, 0) is 16.6 Å². The normalized spacial score (nSPS) is 13.6. The van der Waals surface area contributed by atoms with Crippen LogP contribution < -0.4 is 4.72 Å². The maximum atomic E-state index is 12.0. The molecule has 4 nitrogen and oxygen atoms in total. The van der Waals surface area contributed by atoms with Crippen molar-refractivity contribution in [1.82, 2.24) is 4.72 Å². The van der Waals surface area contributed by atoms with Gasteiger partial charge in [0.25, 0.3) is 0 Å². The average Bonchev–Trinajstić information content (AvgIpc) is 2.35. The van der Waals surface area contributed by atoms with Gasteiger partial charge < -0.3 is 5.11 Å². The second-order valence-electron chi connectivity index (χ2n) is 4.28. The Hall–Kier alpha value is -0.620. The zero-order valence-corrected chi connectivity index (χ0v) is 12.1. The van der Waals surface area contributed by atoms with Crippen molar-refractivity contribution in [3.63, 3.8) is 0 Å². The Balaban J connectivity index is 2.88. The van der Waals surface area contributed by atoms with Crippen molar-refractivity contribution >= 4 is 21.6 Å². The van der Waals surface area contributed by atoms with Crippen molar-refractivity contribution in [3.8, 4) is 0 Å². The lowest BCUT2D eigenvalue weighted by Crippen LogP contribution is -2.28. The summed E-state index contributed by atoms with van der Waals surface area (Å²) in [5.41, 5.74) is 0.512. The van der Waals surface area contributed by atoms with Crippen LogP contribution in [0.5, 0.6) is 0 Å². The number of aliphatic hydroxyl groups excluding tert-OH is 1. The number of hydrogen-bond donors (Lipinski definition) is 2. The summed E-state index contributed by atoms with van der Waals surface area (Å²) in [5, 5.41) is 9.22. The van der Waals surface area contributed by atoms with E-state index < -0.39 is 10.0 Å². The van der Waals surface area contributed by atoms with E-state index in [1.54, 1.807) is 0 Å². The quantitative estimate of drug-likeness (QED) is 0.844. The molecule has 0 aliphatic rings. The molecule has 0 aliphatic heterocycles. The fourth-order valence-electron chi connectivity index (χ4n) is 1.30. The molecule has 0 saturated heterocycles. The molecule has 1 atom stereocenters. The fraction of sp³-hybridized carbons (Fsp3) is 0.500. The van der Waals surface area contributed by atoms with E-state index >= 15 is 0 Å². The van der Waals surface area contributed by atoms with Gasteiger partial charge in [0.15, 0.2) is 0 Å². The molecule has 0 aliphatic carbocycles. The summed E-state index contributed by atoms with van der Waals surface area (Å²) in [6.45, 7) is 4.17. The summed E-state index contributed by atoms with van der Waals surface area (Å²) in [6, 6.07) is 4.31. The van der Waals surface area contributed by atoms with Gasteiger partial charge in [0, 0.05) is 11.6 Å². The lowest BCUT2D eigenvalue weighted by Gasteiger charge is -2.11. The van der Waals surface area contributed by atoms with Gasteiger partial charge in [-0.2, -0.15) is 0 Å². The van der Waals surface area contributed by atoms with E-state index in [1.807, 2.05) is 13.8 Å². The number of nitrogens with one attached hydrogen (secondary N) is 1. The highest BCUT2D eigenvalue weighted by atomic mass is 35.5. The van der Waals surface area contributed by atoms with Crippen LogP contribution in [0.3, 0.4) is 0 Å². The Morgan fingerprint density at radius 2 is 2.11 bits per heavy atom. The summed E-state index contributed by atoms with van der Waals surface area (Å²) in [5.74, 6) is 0.284. The number of benzene rings is 1. The maximum Gasteiger partial charge on any atom is 0.240 e. The van der Waals surface area contributed by atoms with Crippen LogP contribution in [0.15, 0.2) is 23.1 Å². The van der Waals surface area contributed by atoms with Crippen LogP contribution in [0, 0.1) is 5.92 Å². The summed E-state index contributed by atoms with van der Waals surface area (Å²) in [7, 11) is -3.53. The first-order valence-corrected chi connectivity index (χ1v) is 7.65. The molecule has 6 heteroatoms. The van der Waals surface area contributed by atoms with Gasteiger partial charge in [0.05, 0.1) is 11.5 Å². The largest absolute Gasteiger partial charge is 0.392 e. The third kappa shape index (κ3) is 3.95.